The van der Waals surface area contributed by atoms with Gasteiger partial charge < -0.3 is 40.2 Å². The van der Waals surface area contributed by atoms with Crippen LogP contribution in [0.15, 0.2) is 138 Å². The Labute approximate surface area is 371 Å². The summed E-state index contributed by atoms with van der Waals surface area (Å²) in [4.78, 5) is 11.2. The Hall–Kier alpha value is -5.98. The van der Waals surface area contributed by atoms with Crippen LogP contribution in [0, 0.1) is 34.6 Å². The van der Waals surface area contributed by atoms with Crippen molar-refractivity contribution in [1.29, 1.82) is 0 Å². The van der Waals surface area contributed by atoms with Crippen molar-refractivity contribution in [2.45, 2.75) is 59.3 Å². The van der Waals surface area contributed by atoms with Crippen LogP contribution in [0.5, 0.6) is 23.0 Å². The molecule has 0 fully saturated rings. The van der Waals surface area contributed by atoms with E-state index in [1.54, 1.807) is 11.8 Å². The quantitative estimate of drug-likeness (QED) is 0.119. The molecule has 3 aromatic carbocycles. The molecule has 0 spiro atoms. The van der Waals surface area contributed by atoms with Gasteiger partial charge in [0.15, 0.2) is 23.1 Å². The van der Waals surface area contributed by atoms with Gasteiger partial charge in [-0.1, -0.05) is 59.4 Å². The van der Waals surface area contributed by atoms with Gasteiger partial charge in [-0.2, -0.15) is 0 Å². The van der Waals surface area contributed by atoms with Crippen molar-refractivity contribution >= 4 is 46.5 Å². The third-order valence-electron chi connectivity index (χ3n) is 8.78. The van der Waals surface area contributed by atoms with Crippen molar-refractivity contribution in [3.05, 3.63) is 156 Å². The van der Waals surface area contributed by atoms with Gasteiger partial charge in [-0.25, -0.2) is 9.97 Å². The van der Waals surface area contributed by atoms with E-state index in [1.165, 1.54) is 32.2 Å². The summed E-state index contributed by atoms with van der Waals surface area (Å²) >= 11 is 3.62. The molecule has 7 heterocycles. The predicted octanol–water partition coefficient (Wildman–Crippen LogP) is 12.5. The van der Waals surface area contributed by atoms with Crippen LogP contribution in [0.1, 0.15) is 42.9 Å². The number of nitrogens with zero attached hydrogens (tertiary/aromatic N) is 2. The maximum absolute atomic E-state index is 5.43. The highest BCUT2D eigenvalue weighted by Gasteiger charge is 2.15. The number of hydrogen-bond acceptors (Lipinski definition) is 12. The molecule has 0 saturated carbocycles. The first-order valence-corrected chi connectivity index (χ1v) is 21.2. The van der Waals surface area contributed by atoms with Crippen LogP contribution in [0.25, 0.3) is 0 Å². The van der Waals surface area contributed by atoms with Gasteiger partial charge in [-0.05, 0) is 112 Å². The fourth-order valence-electron chi connectivity index (χ4n) is 5.90. The number of nitrogens with one attached hydrogen (secondary N) is 4. The summed E-state index contributed by atoms with van der Waals surface area (Å²) in [7, 11) is 0. The highest BCUT2D eigenvalue weighted by Crippen LogP contribution is 2.35. The lowest BCUT2D eigenvalue weighted by Gasteiger charge is -2.20. The van der Waals surface area contributed by atoms with Crippen LogP contribution >= 0.6 is 23.5 Å². The van der Waals surface area contributed by atoms with Gasteiger partial charge in [0.25, 0.3) is 0 Å². The molecule has 61 heavy (non-hydrogen) atoms. The third-order valence-corrected chi connectivity index (χ3v) is 11.1. The average Bonchev–Trinajstić information content (AvgIpc) is 3.21. The Kier molecular flexibility index (Phi) is 17.6. The van der Waals surface area contributed by atoms with Crippen LogP contribution in [-0.2, 0) is 0 Å². The molecule has 10 rings (SSSR count). The lowest BCUT2D eigenvalue weighted by molar-refractivity contribution is 0.171. The van der Waals surface area contributed by atoms with Gasteiger partial charge in [-0.3, -0.25) is 0 Å². The van der Waals surface area contributed by atoms with E-state index in [9.17, 15) is 0 Å². The summed E-state index contributed by atoms with van der Waals surface area (Å²) in [5.74, 6) is 7.09. The molecular formula is C49H60N6O4S2. The first kappa shape index (κ1) is 47.7. The fraction of sp³-hybridized carbons (Fsp3) is 0.265. The van der Waals surface area contributed by atoms with E-state index in [0.29, 0.717) is 26.4 Å². The molecule has 5 aliphatic rings. The number of pyridine rings is 2. The number of fused-ring (bicyclic) bond motifs is 5. The molecule has 12 heteroatoms. The SMILES string of the molecule is C.C.C=C1COc2ccc(C)cc2N1.C=C1COc2ccc(C)nc2N1.C=C1CSc2ccc(C)cc2N1.C=C1CSc2ccc(C)nc2N1.Cc1ccc2c(c1)OCCO2. The molecular weight excluding hydrogens is 801 g/mol. The second-order valence-corrected chi connectivity index (χ2v) is 16.3. The highest BCUT2D eigenvalue weighted by atomic mass is 32.2. The van der Waals surface area contributed by atoms with Gasteiger partial charge in [-0.15, -0.1) is 23.5 Å². The van der Waals surface area contributed by atoms with Gasteiger partial charge in [0.1, 0.15) is 38.0 Å². The average molecular weight is 861 g/mol. The molecule has 0 unspecified atom stereocenters. The number of ether oxygens (including phenoxy) is 4. The zero-order chi connectivity index (χ0) is 41.9. The first-order valence-electron chi connectivity index (χ1n) is 19.2. The maximum atomic E-state index is 5.43. The molecule has 10 nitrogen and oxygen atoms in total. The van der Waals surface area contributed by atoms with Gasteiger partial charge in [0, 0.05) is 50.6 Å². The van der Waals surface area contributed by atoms with Crippen LogP contribution in [-0.4, -0.2) is 47.9 Å². The topological polar surface area (TPSA) is 111 Å². The smallest absolute Gasteiger partial charge is 0.173 e. The normalized spacial score (nSPS) is 14.4. The van der Waals surface area contributed by atoms with Crippen molar-refractivity contribution in [3.63, 3.8) is 0 Å². The van der Waals surface area contributed by atoms with Crippen LogP contribution in [0.3, 0.4) is 0 Å². The Morgan fingerprint density at radius 3 is 1.66 bits per heavy atom. The summed E-state index contributed by atoms with van der Waals surface area (Å²) in [6, 6.07) is 26.5. The number of benzene rings is 3. The zero-order valence-corrected chi connectivity index (χ0v) is 36.1. The molecule has 0 radical (unpaired) electrons. The summed E-state index contributed by atoms with van der Waals surface area (Å²) in [6.07, 6.45) is 0. The summed E-state index contributed by atoms with van der Waals surface area (Å²) in [5, 5.41) is 12.7. The standard InChI is InChI=1S/C10H11NO.C10H11NS.C9H10N2O.C9H10N2S.C9H10O2.2CH4/c2*1-7-3-4-10-9(5-7)11-8(2)6-12-10;2*1-6-3-4-8-9(10-6)11-7(2)5-12-8;1-7-2-3-8-9(6-7)11-5-4-10-8;;/h2*3-5,11H,2,6H2,1H3;2*3-4H,2,5H2,1H3,(H,10,11);2-3,6H,4-5H2,1H3;2*1H4. The van der Waals surface area contributed by atoms with Crippen LogP contribution < -0.4 is 40.2 Å². The summed E-state index contributed by atoms with van der Waals surface area (Å²) in [5.41, 5.74) is 11.8. The Morgan fingerprint density at radius 2 is 0.934 bits per heavy atom. The van der Waals surface area contributed by atoms with Crippen molar-refractivity contribution in [2.24, 2.45) is 0 Å². The Morgan fingerprint density at radius 1 is 0.459 bits per heavy atom. The molecule has 2 aromatic heterocycles. The molecule has 0 saturated heterocycles. The number of hydrogen-bond donors (Lipinski definition) is 4. The van der Waals surface area contributed by atoms with Crippen LogP contribution in [0.2, 0.25) is 0 Å². The lowest BCUT2D eigenvalue weighted by Crippen LogP contribution is -2.16. The van der Waals surface area contributed by atoms with E-state index in [4.69, 9.17) is 18.9 Å². The highest BCUT2D eigenvalue weighted by molar-refractivity contribution is 8.00. The molecule has 0 bridgehead atoms. The number of anilines is 4. The third kappa shape index (κ3) is 14.0. The molecule has 322 valence electrons. The number of rotatable bonds is 0. The zero-order valence-electron chi connectivity index (χ0n) is 34.4. The van der Waals surface area contributed by atoms with E-state index >= 15 is 0 Å². The van der Waals surface area contributed by atoms with E-state index in [2.05, 4.69) is 102 Å². The number of aryl methyl sites for hydroxylation is 5. The second kappa shape index (κ2) is 22.6. The van der Waals surface area contributed by atoms with Crippen molar-refractivity contribution < 1.29 is 18.9 Å². The summed E-state index contributed by atoms with van der Waals surface area (Å²) in [6.45, 7) is 27.9. The van der Waals surface area contributed by atoms with Gasteiger partial charge in [0.05, 0.1) is 16.3 Å². The second-order valence-electron chi connectivity index (χ2n) is 14.3. The molecule has 0 amide bonds. The van der Waals surface area contributed by atoms with E-state index in [-0.39, 0.29) is 14.9 Å². The lowest BCUT2D eigenvalue weighted by atomic mass is 10.2. The first-order chi connectivity index (χ1) is 28.4. The maximum Gasteiger partial charge on any atom is 0.173 e. The van der Waals surface area contributed by atoms with Gasteiger partial charge in [0.2, 0.25) is 0 Å². The number of thioether (sulfide) groups is 2. The Bertz CT molecular complexity index is 2090. The van der Waals surface area contributed by atoms with E-state index < -0.39 is 0 Å². The predicted molar refractivity (Wildman–Crippen MR) is 259 cm³/mol. The molecule has 5 aromatic rings. The summed E-state index contributed by atoms with van der Waals surface area (Å²) < 4.78 is 21.5. The minimum atomic E-state index is 0. The minimum absolute atomic E-state index is 0. The fourth-order valence-corrected chi connectivity index (χ4v) is 7.54. The molecule has 0 aliphatic carbocycles. The minimum Gasteiger partial charge on any atom is -0.486 e. The molecule has 5 aliphatic heterocycles. The van der Waals surface area contributed by atoms with Crippen molar-refractivity contribution in [3.8, 4) is 23.0 Å². The molecule has 0 atom stereocenters. The molecule has 4 N–H and O–H groups in total. The number of aromatic nitrogens is 2. The van der Waals surface area contributed by atoms with E-state index in [0.717, 1.165) is 86.0 Å². The van der Waals surface area contributed by atoms with Crippen molar-refractivity contribution in [1.82, 2.24) is 9.97 Å². The Balaban J connectivity index is 0.000000167. The van der Waals surface area contributed by atoms with E-state index in [1.807, 2.05) is 81.1 Å². The largest absolute Gasteiger partial charge is 0.486 e. The van der Waals surface area contributed by atoms with Crippen LogP contribution in [0.4, 0.5) is 23.0 Å². The van der Waals surface area contributed by atoms with Crippen molar-refractivity contribution in [2.75, 3.05) is 59.2 Å². The van der Waals surface area contributed by atoms with Gasteiger partial charge >= 0.3 is 0 Å². The monoisotopic (exact) mass is 860 g/mol.